The third-order valence-corrected chi connectivity index (χ3v) is 2.06. The molecular weight excluding hydrogens is 209 g/mol. The number of alkyl halides is 3. The second kappa shape index (κ2) is 3.56. The van der Waals surface area contributed by atoms with E-state index in [-0.39, 0.29) is 16.7 Å². The Labute approximate surface area is 84.3 Å². The van der Waals surface area contributed by atoms with Crippen molar-refractivity contribution in [3.05, 3.63) is 34.4 Å². The van der Waals surface area contributed by atoms with Gasteiger partial charge in [0.25, 0.3) is 0 Å². The predicted octanol–water partition coefficient (Wildman–Crippen LogP) is 3.02. The average molecular weight is 218 g/mol. The van der Waals surface area contributed by atoms with Crippen molar-refractivity contribution < 1.29 is 23.1 Å². The lowest BCUT2D eigenvalue weighted by atomic mass is 9.99. The maximum Gasteiger partial charge on any atom is 0.416 e. The summed E-state index contributed by atoms with van der Waals surface area (Å²) in [6.45, 7) is 2.50. The van der Waals surface area contributed by atoms with Gasteiger partial charge in [-0.2, -0.15) is 13.2 Å². The van der Waals surface area contributed by atoms with Crippen molar-refractivity contribution in [3.63, 3.8) is 0 Å². The van der Waals surface area contributed by atoms with Gasteiger partial charge in [-0.25, -0.2) is 4.79 Å². The number of rotatable bonds is 1. The van der Waals surface area contributed by atoms with E-state index in [0.29, 0.717) is 0 Å². The van der Waals surface area contributed by atoms with E-state index in [4.69, 9.17) is 5.11 Å². The molecule has 82 valence electrons. The highest BCUT2D eigenvalue weighted by molar-refractivity contribution is 5.88. The average Bonchev–Trinajstić information content (AvgIpc) is 1.99. The molecule has 0 radical (unpaired) electrons. The monoisotopic (exact) mass is 218 g/mol. The third kappa shape index (κ3) is 2.29. The molecule has 0 aliphatic carbocycles. The van der Waals surface area contributed by atoms with Crippen LogP contribution in [0.1, 0.15) is 27.0 Å². The van der Waals surface area contributed by atoms with Crippen LogP contribution in [-0.4, -0.2) is 11.1 Å². The summed E-state index contributed by atoms with van der Waals surface area (Å²) in [5, 5.41) is 8.65. The van der Waals surface area contributed by atoms with Crippen LogP contribution in [0, 0.1) is 13.8 Å². The molecule has 0 heterocycles. The highest BCUT2D eigenvalue weighted by Crippen LogP contribution is 2.34. The van der Waals surface area contributed by atoms with Gasteiger partial charge in [-0.05, 0) is 37.1 Å². The van der Waals surface area contributed by atoms with Crippen LogP contribution in [-0.2, 0) is 6.18 Å². The van der Waals surface area contributed by atoms with Crippen LogP contribution in [0.3, 0.4) is 0 Å². The molecule has 15 heavy (non-hydrogen) atoms. The molecule has 0 aromatic heterocycles. The Hall–Kier alpha value is -1.52. The first-order valence-corrected chi connectivity index (χ1v) is 4.15. The first kappa shape index (κ1) is 11.6. The molecule has 5 heteroatoms. The van der Waals surface area contributed by atoms with Crippen LogP contribution in [0.15, 0.2) is 12.1 Å². The van der Waals surface area contributed by atoms with Crippen molar-refractivity contribution >= 4 is 5.97 Å². The van der Waals surface area contributed by atoms with Gasteiger partial charge in [-0.3, -0.25) is 0 Å². The SMILES string of the molecule is Cc1cc(C(=O)O)cc(C)c1C(F)(F)F. The zero-order valence-electron chi connectivity index (χ0n) is 8.14. The molecule has 1 N–H and O–H groups in total. The van der Waals surface area contributed by atoms with E-state index in [0.717, 1.165) is 12.1 Å². The van der Waals surface area contributed by atoms with Crippen LogP contribution in [0.25, 0.3) is 0 Å². The van der Waals surface area contributed by atoms with Gasteiger partial charge in [0, 0.05) is 0 Å². The molecule has 0 amide bonds. The van der Waals surface area contributed by atoms with Gasteiger partial charge in [-0.1, -0.05) is 0 Å². The maximum absolute atomic E-state index is 12.5. The van der Waals surface area contributed by atoms with Gasteiger partial charge in [0.1, 0.15) is 0 Å². The molecule has 0 fully saturated rings. The van der Waals surface area contributed by atoms with Crippen LogP contribution in [0.2, 0.25) is 0 Å². The number of carboxylic acids is 1. The summed E-state index contributed by atoms with van der Waals surface area (Å²) in [7, 11) is 0. The molecule has 2 nitrogen and oxygen atoms in total. The van der Waals surface area contributed by atoms with Gasteiger partial charge in [0.15, 0.2) is 0 Å². The van der Waals surface area contributed by atoms with E-state index in [1.807, 2.05) is 0 Å². The first-order valence-electron chi connectivity index (χ1n) is 4.15. The molecule has 0 aliphatic heterocycles. The van der Waals surface area contributed by atoms with Crippen molar-refractivity contribution in [2.24, 2.45) is 0 Å². The van der Waals surface area contributed by atoms with Crippen LogP contribution >= 0.6 is 0 Å². The summed E-state index contributed by atoms with van der Waals surface area (Å²) in [4.78, 5) is 10.6. The highest BCUT2D eigenvalue weighted by atomic mass is 19.4. The summed E-state index contributed by atoms with van der Waals surface area (Å²) in [5.74, 6) is -1.23. The second-order valence-corrected chi connectivity index (χ2v) is 3.29. The van der Waals surface area contributed by atoms with Gasteiger partial charge >= 0.3 is 12.1 Å². The predicted molar refractivity (Wildman–Crippen MR) is 47.9 cm³/mol. The minimum atomic E-state index is -4.44. The van der Waals surface area contributed by atoms with E-state index in [2.05, 4.69) is 0 Å². The van der Waals surface area contributed by atoms with Crippen molar-refractivity contribution in [1.29, 1.82) is 0 Å². The van der Waals surface area contributed by atoms with E-state index in [1.165, 1.54) is 13.8 Å². The summed E-state index contributed by atoms with van der Waals surface area (Å²) in [5.41, 5.74) is -1.02. The number of halogens is 3. The lowest BCUT2D eigenvalue weighted by Gasteiger charge is -2.13. The van der Waals surface area contributed by atoms with Gasteiger partial charge < -0.3 is 5.11 Å². The Bertz CT molecular complexity index is 385. The molecule has 1 aromatic carbocycles. The minimum Gasteiger partial charge on any atom is -0.478 e. The first-order chi connectivity index (χ1) is 6.73. The Morgan fingerprint density at radius 1 is 1.20 bits per heavy atom. The topological polar surface area (TPSA) is 37.3 Å². The third-order valence-electron chi connectivity index (χ3n) is 2.06. The number of carbonyl (C=O) groups is 1. The fraction of sp³-hybridized carbons (Fsp3) is 0.300. The Morgan fingerprint density at radius 3 is 1.87 bits per heavy atom. The number of aromatic carboxylic acids is 1. The summed E-state index contributed by atoms with van der Waals surface area (Å²) in [6, 6.07) is 2.05. The zero-order valence-corrected chi connectivity index (χ0v) is 8.14. The van der Waals surface area contributed by atoms with Crippen molar-refractivity contribution in [2.75, 3.05) is 0 Å². The molecule has 0 unspecified atom stereocenters. The summed E-state index contributed by atoms with van der Waals surface area (Å²) < 4.78 is 37.5. The highest BCUT2D eigenvalue weighted by Gasteiger charge is 2.34. The Morgan fingerprint density at radius 2 is 1.60 bits per heavy atom. The van der Waals surface area contributed by atoms with Gasteiger partial charge in [0.2, 0.25) is 0 Å². The number of carboxylic acid groups (broad SMARTS) is 1. The second-order valence-electron chi connectivity index (χ2n) is 3.29. The van der Waals surface area contributed by atoms with E-state index in [1.54, 1.807) is 0 Å². The maximum atomic E-state index is 12.5. The van der Waals surface area contributed by atoms with Crippen LogP contribution in [0.4, 0.5) is 13.2 Å². The lowest BCUT2D eigenvalue weighted by molar-refractivity contribution is -0.138. The van der Waals surface area contributed by atoms with Gasteiger partial charge in [0.05, 0.1) is 11.1 Å². The number of aryl methyl sites for hydroxylation is 2. The molecule has 0 aliphatic rings. The lowest BCUT2D eigenvalue weighted by Crippen LogP contribution is -2.11. The van der Waals surface area contributed by atoms with Crippen molar-refractivity contribution in [2.45, 2.75) is 20.0 Å². The van der Waals surface area contributed by atoms with Crippen molar-refractivity contribution in [1.82, 2.24) is 0 Å². The molecule has 0 spiro atoms. The molecule has 1 rings (SSSR count). The van der Waals surface area contributed by atoms with Crippen LogP contribution < -0.4 is 0 Å². The quantitative estimate of drug-likeness (QED) is 0.786. The standard InChI is InChI=1S/C10H9F3O2/c1-5-3-7(9(14)15)4-6(2)8(5)10(11,12)13/h3-4H,1-2H3,(H,14,15). The molecule has 0 atom stereocenters. The van der Waals surface area contributed by atoms with Gasteiger partial charge in [-0.15, -0.1) is 0 Å². The molecular formula is C10H9F3O2. The molecule has 0 saturated heterocycles. The van der Waals surface area contributed by atoms with E-state index >= 15 is 0 Å². The van der Waals surface area contributed by atoms with Crippen LogP contribution in [0.5, 0.6) is 0 Å². The van der Waals surface area contributed by atoms with E-state index in [9.17, 15) is 18.0 Å². The number of hydrogen-bond acceptors (Lipinski definition) is 1. The smallest absolute Gasteiger partial charge is 0.416 e. The summed E-state index contributed by atoms with van der Waals surface area (Å²) in [6.07, 6.45) is -4.44. The summed E-state index contributed by atoms with van der Waals surface area (Å²) >= 11 is 0. The zero-order chi connectivity index (χ0) is 11.8. The largest absolute Gasteiger partial charge is 0.478 e. The normalized spacial score (nSPS) is 11.5. The molecule has 0 saturated carbocycles. The minimum absolute atomic E-state index is 0.0695. The number of hydrogen-bond donors (Lipinski definition) is 1. The molecule has 1 aromatic rings. The Balaban J connectivity index is 3.41. The number of benzene rings is 1. The fourth-order valence-electron chi connectivity index (χ4n) is 1.53. The molecule has 0 bridgehead atoms. The van der Waals surface area contributed by atoms with Crippen molar-refractivity contribution in [3.8, 4) is 0 Å². The Kier molecular flexibility index (Phi) is 2.75. The fourth-order valence-corrected chi connectivity index (χ4v) is 1.53. The van der Waals surface area contributed by atoms with E-state index < -0.39 is 17.7 Å².